The number of hydrogen-bond donors (Lipinski definition) is 1. The van der Waals surface area contributed by atoms with Gasteiger partial charge in [0, 0.05) is 38.3 Å². The maximum absolute atomic E-state index is 14.7. The number of rotatable bonds is 4. The van der Waals surface area contributed by atoms with E-state index in [0.29, 0.717) is 17.6 Å². The molecule has 0 bridgehead atoms. The largest absolute Gasteiger partial charge is 0.494 e. The Morgan fingerprint density at radius 2 is 1.82 bits per heavy atom. The highest BCUT2D eigenvalue weighted by molar-refractivity contribution is 6.62. The molecule has 28 heavy (non-hydrogen) atoms. The molecule has 1 amide bonds. The second kappa shape index (κ2) is 7.65. The van der Waals surface area contributed by atoms with Crippen LogP contribution < -0.4 is 5.46 Å². The molecule has 2 saturated heterocycles. The second-order valence-corrected chi connectivity index (χ2v) is 8.84. The van der Waals surface area contributed by atoms with Gasteiger partial charge in [-0.3, -0.25) is 4.90 Å². The lowest BCUT2D eigenvalue weighted by atomic mass is 9.78. The molecule has 154 valence electrons. The van der Waals surface area contributed by atoms with Crippen molar-refractivity contribution in [1.29, 1.82) is 0 Å². The molecule has 2 fully saturated rings. The minimum Gasteiger partial charge on any atom is -0.465 e. The van der Waals surface area contributed by atoms with Crippen LogP contribution in [-0.2, 0) is 15.9 Å². The van der Waals surface area contributed by atoms with Crippen molar-refractivity contribution in [2.75, 3.05) is 20.1 Å². The van der Waals surface area contributed by atoms with Crippen molar-refractivity contribution in [3.05, 3.63) is 29.6 Å². The zero-order valence-electron chi connectivity index (χ0n) is 17.4. The van der Waals surface area contributed by atoms with Crippen LogP contribution >= 0.6 is 0 Å². The van der Waals surface area contributed by atoms with Crippen LogP contribution in [0.2, 0.25) is 0 Å². The van der Waals surface area contributed by atoms with Gasteiger partial charge in [-0.05, 0) is 52.1 Å². The van der Waals surface area contributed by atoms with E-state index in [4.69, 9.17) is 14.4 Å². The van der Waals surface area contributed by atoms with E-state index in [1.165, 1.54) is 11.0 Å². The Kier molecular flexibility index (Phi) is 5.76. The summed E-state index contributed by atoms with van der Waals surface area (Å²) < 4.78 is 26.7. The second-order valence-electron chi connectivity index (χ2n) is 8.84. The number of piperidine rings is 1. The molecule has 0 aromatic heterocycles. The van der Waals surface area contributed by atoms with Gasteiger partial charge in [0.1, 0.15) is 5.82 Å². The molecule has 0 atom stereocenters. The number of carboxylic acid groups (broad SMARTS) is 1. The third-order valence-electron chi connectivity index (χ3n) is 6.40. The molecule has 0 aliphatic carbocycles. The monoisotopic (exact) mass is 392 g/mol. The number of hydrogen-bond acceptors (Lipinski definition) is 4. The average molecular weight is 392 g/mol. The molecule has 1 aromatic carbocycles. The predicted octanol–water partition coefficient (Wildman–Crippen LogP) is 2.70. The molecule has 0 radical (unpaired) electrons. The van der Waals surface area contributed by atoms with Gasteiger partial charge in [0.2, 0.25) is 0 Å². The van der Waals surface area contributed by atoms with Crippen molar-refractivity contribution in [3.63, 3.8) is 0 Å². The number of nitrogens with zero attached hydrogens (tertiary/aromatic N) is 2. The van der Waals surface area contributed by atoms with E-state index in [1.807, 2.05) is 33.8 Å². The summed E-state index contributed by atoms with van der Waals surface area (Å²) in [6.07, 6.45) is 0.620. The highest BCUT2D eigenvalue weighted by Crippen LogP contribution is 2.36. The van der Waals surface area contributed by atoms with Gasteiger partial charge in [-0.2, -0.15) is 0 Å². The van der Waals surface area contributed by atoms with Crippen molar-refractivity contribution in [3.8, 4) is 0 Å². The van der Waals surface area contributed by atoms with E-state index in [-0.39, 0.29) is 11.9 Å². The topological polar surface area (TPSA) is 62.2 Å². The van der Waals surface area contributed by atoms with Crippen LogP contribution in [0.3, 0.4) is 0 Å². The van der Waals surface area contributed by atoms with Crippen molar-refractivity contribution in [2.45, 2.75) is 64.3 Å². The smallest absolute Gasteiger partial charge is 0.465 e. The molecule has 2 heterocycles. The summed E-state index contributed by atoms with van der Waals surface area (Å²) in [4.78, 5) is 14.6. The lowest BCUT2D eigenvalue weighted by Gasteiger charge is -2.35. The van der Waals surface area contributed by atoms with Crippen molar-refractivity contribution in [2.24, 2.45) is 0 Å². The molecule has 8 heteroatoms. The molecule has 6 nitrogen and oxygen atoms in total. The van der Waals surface area contributed by atoms with Gasteiger partial charge < -0.3 is 19.3 Å². The maximum atomic E-state index is 14.7. The Labute approximate surface area is 166 Å². The van der Waals surface area contributed by atoms with E-state index < -0.39 is 24.4 Å². The first kappa shape index (κ1) is 21.1. The summed E-state index contributed by atoms with van der Waals surface area (Å²) in [5.74, 6) is -0.267. The first-order valence-corrected chi connectivity index (χ1v) is 9.82. The summed E-state index contributed by atoms with van der Waals surface area (Å²) in [7, 11) is 1.03. The molecule has 0 unspecified atom stereocenters. The van der Waals surface area contributed by atoms with Gasteiger partial charge in [0.05, 0.1) is 11.2 Å². The quantitative estimate of drug-likeness (QED) is 0.799. The normalized spacial score (nSPS) is 22.4. The van der Waals surface area contributed by atoms with E-state index >= 15 is 0 Å². The number of halogens is 1. The van der Waals surface area contributed by atoms with Crippen molar-refractivity contribution in [1.82, 2.24) is 9.80 Å². The van der Waals surface area contributed by atoms with E-state index in [0.717, 1.165) is 25.9 Å². The molecular weight excluding hydrogens is 362 g/mol. The van der Waals surface area contributed by atoms with Crippen LogP contribution in [0.1, 0.15) is 46.1 Å². The Balaban J connectivity index is 1.61. The van der Waals surface area contributed by atoms with Crippen LogP contribution in [0.25, 0.3) is 0 Å². The molecule has 3 rings (SSSR count). The van der Waals surface area contributed by atoms with Crippen LogP contribution in [0.15, 0.2) is 18.2 Å². The fraction of sp³-hybridized carbons (Fsp3) is 0.650. The van der Waals surface area contributed by atoms with E-state index in [9.17, 15) is 9.18 Å². The first-order chi connectivity index (χ1) is 13.0. The van der Waals surface area contributed by atoms with Crippen LogP contribution in [-0.4, -0.2) is 65.5 Å². The SMILES string of the molecule is CN(C(=O)O)C1CCN(Cc2ccc(B3OC(C)(C)C(C)(C)O3)cc2F)CC1. The number of carbonyl (C=O) groups is 1. The maximum Gasteiger partial charge on any atom is 0.494 e. The third kappa shape index (κ3) is 4.19. The fourth-order valence-electron chi connectivity index (χ4n) is 3.68. The Bertz CT molecular complexity index is 719. The van der Waals surface area contributed by atoms with Gasteiger partial charge in [-0.1, -0.05) is 12.1 Å². The minimum absolute atomic E-state index is 0.0318. The van der Waals surface area contributed by atoms with E-state index in [2.05, 4.69) is 4.90 Å². The average Bonchev–Trinajstić information content (AvgIpc) is 2.84. The highest BCUT2D eigenvalue weighted by Gasteiger charge is 2.51. The summed E-state index contributed by atoms with van der Waals surface area (Å²) >= 11 is 0. The van der Waals surface area contributed by atoms with Gasteiger partial charge in [0.25, 0.3) is 0 Å². The zero-order chi connectivity index (χ0) is 20.7. The molecule has 1 aromatic rings. The molecule has 0 spiro atoms. The van der Waals surface area contributed by atoms with Crippen molar-refractivity contribution < 1.29 is 23.6 Å². The van der Waals surface area contributed by atoms with Gasteiger partial charge in [0.15, 0.2) is 0 Å². The number of amides is 1. The Morgan fingerprint density at radius 1 is 1.25 bits per heavy atom. The van der Waals surface area contributed by atoms with Crippen LogP contribution in [0.5, 0.6) is 0 Å². The summed E-state index contributed by atoms with van der Waals surface area (Å²) in [5, 5.41) is 9.09. The summed E-state index contributed by atoms with van der Waals surface area (Å²) in [6.45, 7) is 9.92. The molecule has 1 N–H and O–H groups in total. The molecular formula is C20H30BFN2O4. The highest BCUT2D eigenvalue weighted by atomic mass is 19.1. The number of likely N-dealkylation sites (tertiary alicyclic amines) is 1. The van der Waals surface area contributed by atoms with Crippen molar-refractivity contribution >= 4 is 18.7 Å². The van der Waals surface area contributed by atoms with Gasteiger partial charge >= 0.3 is 13.2 Å². The lowest BCUT2D eigenvalue weighted by molar-refractivity contribution is 0.00578. The first-order valence-electron chi connectivity index (χ1n) is 9.82. The van der Waals surface area contributed by atoms with Gasteiger partial charge in [-0.15, -0.1) is 0 Å². The van der Waals surface area contributed by atoms with Crippen LogP contribution in [0.4, 0.5) is 9.18 Å². The van der Waals surface area contributed by atoms with Gasteiger partial charge in [-0.25, -0.2) is 9.18 Å². The Morgan fingerprint density at radius 3 is 2.32 bits per heavy atom. The Hall–Kier alpha value is -1.64. The predicted molar refractivity (Wildman–Crippen MR) is 106 cm³/mol. The number of benzene rings is 1. The summed E-state index contributed by atoms with van der Waals surface area (Å²) in [6, 6.07) is 5.20. The standard InChI is InChI=1S/C20H30BFN2O4/c1-19(2)20(3,4)28-21(27-19)15-7-6-14(17(22)12-15)13-24-10-8-16(9-11-24)23(5)18(25)26/h6-7,12,16H,8-11,13H2,1-5H3,(H,25,26). The minimum atomic E-state index is -0.900. The molecule has 2 aliphatic rings. The summed E-state index contributed by atoms with van der Waals surface area (Å²) in [5.41, 5.74) is 0.396. The van der Waals surface area contributed by atoms with Crippen LogP contribution in [0, 0.1) is 5.82 Å². The lowest BCUT2D eigenvalue weighted by Crippen LogP contribution is -2.45. The molecule has 2 aliphatic heterocycles. The zero-order valence-corrected chi connectivity index (χ0v) is 17.4. The fourth-order valence-corrected chi connectivity index (χ4v) is 3.68. The van der Waals surface area contributed by atoms with E-state index in [1.54, 1.807) is 13.1 Å². The third-order valence-corrected chi connectivity index (χ3v) is 6.40. The molecule has 0 saturated carbocycles.